The van der Waals surface area contributed by atoms with E-state index in [2.05, 4.69) is 4.98 Å². The van der Waals surface area contributed by atoms with Crippen molar-refractivity contribution in [2.24, 2.45) is 0 Å². The molecule has 1 aromatic carbocycles. The zero-order valence-electron chi connectivity index (χ0n) is 9.11. The summed E-state index contributed by atoms with van der Waals surface area (Å²) in [7, 11) is 0. The van der Waals surface area contributed by atoms with Crippen LogP contribution in [-0.2, 0) is 11.2 Å². The lowest BCUT2D eigenvalue weighted by molar-refractivity contribution is -0.136. The quantitative estimate of drug-likeness (QED) is 0.912. The van der Waals surface area contributed by atoms with E-state index in [9.17, 15) is 9.18 Å². The predicted octanol–water partition coefficient (Wildman–Crippen LogP) is 2.88. The molecular formula is C12H10FNO2S. The molecule has 0 aliphatic carbocycles. The monoisotopic (exact) mass is 251 g/mol. The molecule has 17 heavy (non-hydrogen) atoms. The Morgan fingerprint density at radius 1 is 1.47 bits per heavy atom. The van der Waals surface area contributed by atoms with Crippen molar-refractivity contribution >= 4 is 17.3 Å². The minimum absolute atomic E-state index is 0.125. The van der Waals surface area contributed by atoms with E-state index >= 15 is 0 Å². The smallest absolute Gasteiger partial charge is 0.310 e. The van der Waals surface area contributed by atoms with Crippen LogP contribution in [0.2, 0.25) is 0 Å². The molecule has 1 heterocycles. The first-order valence-electron chi connectivity index (χ1n) is 5.01. The number of hydrogen-bond donors (Lipinski definition) is 1. The van der Waals surface area contributed by atoms with Crippen molar-refractivity contribution in [1.82, 2.24) is 4.98 Å². The molecule has 1 aromatic heterocycles. The molecule has 0 saturated heterocycles. The minimum atomic E-state index is -0.932. The zero-order chi connectivity index (χ0) is 12.4. The molecule has 2 rings (SSSR count). The first kappa shape index (κ1) is 11.7. The number of thiazole rings is 1. The molecule has 0 spiro atoms. The number of carboxylic acid groups (broad SMARTS) is 1. The fourth-order valence-electron chi connectivity index (χ4n) is 1.56. The second-order valence-corrected chi connectivity index (χ2v) is 4.85. The first-order valence-corrected chi connectivity index (χ1v) is 5.82. The van der Waals surface area contributed by atoms with Crippen LogP contribution in [0.1, 0.15) is 9.88 Å². The van der Waals surface area contributed by atoms with E-state index in [-0.39, 0.29) is 12.2 Å². The Bertz CT molecular complexity index is 565. The Balaban J connectivity index is 2.43. The van der Waals surface area contributed by atoms with E-state index in [1.807, 2.05) is 6.92 Å². The van der Waals surface area contributed by atoms with Crippen LogP contribution in [0.5, 0.6) is 0 Å². The van der Waals surface area contributed by atoms with Crippen LogP contribution in [0.4, 0.5) is 4.39 Å². The predicted molar refractivity (Wildman–Crippen MR) is 63.6 cm³/mol. The van der Waals surface area contributed by atoms with Gasteiger partial charge in [0.15, 0.2) is 0 Å². The molecule has 2 aromatic rings. The molecule has 0 aliphatic rings. The summed E-state index contributed by atoms with van der Waals surface area (Å²) in [5, 5.41) is 9.18. The topological polar surface area (TPSA) is 50.2 Å². The highest BCUT2D eigenvalue weighted by Crippen LogP contribution is 2.29. The van der Waals surface area contributed by atoms with Gasteiger partial charge in [-0.05, 0) is 19.1 Å². The van der Waals surface area contributed by atoms with Gasteiger partial charge in [-0.25, -0.2) is 9.37 Å². The summed E-state index contributed by atoms with van der Waals surface area (Å²) in [6, 6.07) is 6.35. The van der Waals surface area contributed by atoms with E-state index in [0.29, 0.717) is 16.3 Å². The standard InChI is InChI=1S/C12H10FNO2S/c1-7-12(8-4-2-3-5-9(8)13)14-10(17-7)6-11(15)16/h2-5H,6H2,1H3,(H,15,16). The van der Waals surface area contributed by atoms with Gasteiger partial charge in [-0.3, -0.25) is 4.79 Å². The number of aliphatic carboxylic acids is 1. The second kappa shape index (κ2) is 4.63. The highest BCUT2D eigenvalue weighted by Gasteiger charge is 2.14. The fourth-order valence-corrected chi connectivity index (χ4v) is 2.50. The van der Waals surface area contributed by atoms with E-state index in [1.165, 1.54) is 17.4 Å². The minimum Gasteiger partial charge on any atom is -0.481 e. The SMILES string of the molecule is Cc1sc(CC(=O)O)nc1-c1ccccc1F. The summed E-state index contributed by atoms with van der Waals surface area (Å²) >= 11 is 1.29. The molecule has 0 atom stereocenters. The number of aryl methyl sites for hydroxylation is 1. The van der Waals surface area contributed by atoms with Gasteiger partial charge in [-0.15, -0.1) is 11.3 Å². The first-order chi connectivity index (χ1) is 8.08. The van der Waals surface area contributed by atoms with Crippen molar-refractivity contribution in [2.75, 3.05) is 0 Å². The zero-order valence-corrected chi connectivity index (χ0v) is 9.92. The normalized spacial score (nSPS) is 10.5. The van der Waals surface area contributed by atoms with Gasteiger partial charge in [0.05, 0.1) is 12.1 Å². The number of rotatable bonds is 3. The third kappa shape index (κ3) is 2.50. The van der Waals surface area contributed by atoms with Crippen molar-refractivity contribution in [3.05, 3.63) is 40.0 Å². The van der Waals surface area contributed by atoms with Crippen LogP contribution in [0.3, 0.4) is 0 Å². The van der Waals surface area contributed by atoms with Gasteiger partial charge in [-0.2, -0.15) is 0 Å². The average molecular weight is 251 g/mol. The Morgan fingerprint density at radius 3 is 2.82 bits per heavy atom. The van der Waals surface area contributed by atoms with Crippen molar-refractivity contribution in [2.45, 2.75) is 13.3 Å². The van der Waals surface area contributed by atoms with Crippen LogP contribution in [-0.4, -0.2) is 16.1 Å². The molecular weight excluding hydrogens is 241 g/mol. The van der Waals surface area contributed by atoms with Gasteiger partial charge in [0.1, 0.15) is 10.8 Å². The van der Waals surface area contributed by atoms with E-state index in [0.717, 1.165) is 4.88 Å². The van der Waals surface area contributed by atoms with Gasteiger partial charge in [0.2, 0.25) is 0 Å². The summed E-state index contributed by atoms with van der Waals surface area (Å²) in [5.74, 6) is -1.28. The van der Waals surface area contributed by atoms with Crippen LogP contribution in [0.25, 0.3) is 11.3 Å². The van der Waals surface area contributed by atoms with Gasteiger partial charge >= 0.3 is 5.97 Å². The highest BCUT2D eigenvalue weighted by molar-refractivity contribution is 7.12. The Hall–Kier alpha value is -1.75. The summed E-state index contributed by atoms with van der Waals surface area (Å²) < 4.78 is 13.6. The molecule has 1 N–H and O–H groups in total. The summed E-state index contributed by atoms with van der Waals surface area (Å²) in [6.07, 6.45) is -0.125. The van der Waals surface area contributed by atoms with Gasteiger partial charge in [-0.1, -0.05) is 12.1 Å². The average Bonchev–Trinajstić information content (AvgIpc) is 2.59. The molecule has 0 radical (unpaired) electrons. The molecule has 0 aliphatic heterocycles. The van der Waals surface area contributed by atoms with Crippen molar-refractivity contribution in [3.63, 3.8) is 0 Å². The third-order valence-electron chi connectivity index (χ3n) is 2.27. The largest absolute Gasteiger partial charge is 0.481 e. The lowest BCUT2D eigenvalue weighted by Gasteiger charge is -1.99. The number of aromatic nitrogens is 1. The summed E-state index contributed by atoms with van der Waals surface area (Å²) in [6.45, 7) is 1.81. The molecule has 0 fully saturated rings. The van der Waals surface area contributed by atoms with E-state index in [4.69, 9.17) is 5.11 Å². The maximum Gasteiger partial charge on any atom is 0.310 e. The van der Waals surface area contributed by atoms with Gasteiger partial charge in [0.25, 0.3) is 0 Å². The summed E-state index contributed by atoms with van der Waals surface area (Å²) in [4.78, 5) is 15.6. The summed E-state index contributed by atoms with van der Waals surface area (Å²) in [5.41, 5.74) is 0.947. The maximum absolute atomic E-state index is 13.6. The molecule has 5 heteroatoms. The van der Waals surface area contributed by atoms with Crippen LogP contribution < -0.4 is 0 Å². The molecule has 0 saturated carbocycles. The van der Waals surface area contributed by atoms with Crippen LogP contribution in [0, 0.1) is 12.7 Å². The van der Waals surface area contributed by atoms with Gasteiger partial charge in [0, 0.05) is 10.4 Å². The Morgan fingerprint density at radius 2 is 2.18 bits per heavy atom. The molecule has 88 valence electrons. The van der Waals surface area contributed by atoms with Crippen molar-refractivity contribution in [1.29, 1.82) is 0 Å². The number of nitrogens with zero attached hydrogens (tertiary/aromatic N) is 1. The third-order valence-corrected chi connectivity index (χ3v) is 3.24. The Kier molecular flexibility index (Phi) is 3.19. The van der Waals surface area contributed by atoms with Crippen LogP contribution >= 0.6 is 11.3 Å². The number of halogens is 1. The number of carboxylic acids is 1. The number of carbonyl (C=O) groups is 1. The maximum atomic E-state index is 13.6. The molecule has 0 unspecified atom stereocenters. The molecule has 0 amide bonds. The highest BCUT2D eigenvalue weighted by atomic mass is 32.1. The lowest BCUT2D eigenvalue weighted by Crippen LogP contribution is -1.99. The lowest BCUT2D eigenvalue weighted by atomic mass is 10.1. The van der Waals surface area contributed by atoms with Crippen molar-refractivity contribution < 1.29 is 14.3 Å². The van der Waals surface area contributed by atoms with E-state index in [1.54, 1.807) is 18.2 Å². The van der Waals surface area contributed by atoms with Gasteiger partial charge < -0.3 is 5.11 Å². The fraction of sp³-hybridized carbons (Fsp3) is 0.167. The van der Waals surface area contributed by atoms with Crippen molar-refractivity contribution in [3.8, 4) is 11.3 Å². The molecule has 0 bridgehead atoms. The number of hydrogen-bond acceptors (Lipinski definition) is 3. The Labute approximate surface area is 102 Å². The van der Waals surface area contributed by atoms with E-state index < -0.39 is 5.97 Å². The molecule has 3 nitrogen and oxygen atoms in total. The second-order valence-electron chi connectivity index (χ2n) is 3.56. The van der Waals surface area contributed by atoms with Crippen LogP contribution in [0.15, 0.2) is 24.3 Å². The number of benzene rings is 1.